The molecule has 0 unspecified atom stereocenters. The van der Waals surface area contributed by atoms with E-state index in [9.17, 15) is 23.6 Å². The minimum absolute atomic E-state index is 0.114. The minimum Gasteiger partial charge on any atom is -0.462 e. The Morgan fingerprint density at radius 2 is 1.77 bits per heavy atom. The molecule has 0 bridgehead atoms. The van der Waals surface area contributed by atoms with Crippen LogP contribution in [-0.4, -0.2) is 41.1 Å². The molecular formula is C25H19FN2O6S. The van der Waals surface area contributed by atoms with Crippen LogP contribution in [0.15, 0.2) is 70.0 Å². The lowest BCUT2D eigenvalue weighted by atomic mass is 10.1. The number of halogens is 1. The summed E-state index contributed by atoms with van der Waals surface area (Å²) in [6, 6.07) is 15.1. The van der Waals surface area contributed by atoms with Gasteiger partial charge in [0.05, 0.1) is 17.1 Å². The maximum atomic E-state index is 13.0. The summed E-state index contributed by atoms with van der Waals surface area (Å²) >= 11 is 0.699. The Morgan fingerprint density at radius 3 is 2.46 bits per heavy atom. The molecule has 8 nitrogen and oxygen atoms in total. The molecule has 2 aromatic carbocycles. The van der Waals surface area contributed by atoms with E-state index < -0.39 is 35.4 Å². The van der Waals surface area contributed by atoms with E-state index in [0.717, 1.165) is 4.90 Å². The average Bonchev–Trinajstić information content (AvgIpc) is 3.41. The first kappa shape index (κ1) is 24.0. The highest BCUT2D eigenvalue weighted by Crippen LogP contribution is 2.33. The number of hydrogen-bond acceptors (Lipinski definition) is 7. The second-order valence-corrected chi connectivity index (χ2v) is 8.32. The molecule has 10 heteroatoms. The molecule has 0 atom stereocenters. The van der Waals surface area contributed by atoms with Gasteiger partial charge in [-0.1, -0.05) is 12.1 Å². The number of imide groups is 1. The van der Waals surface area contributed by atoms with Crippen molar-refractivity contribution in [3.05, 3.63) is 82.7 Å². The summed E-state index contributed by atoms with van der Waals surface area (Å²) in [7, 11) is 0. The zero-order chi connectivity index (χ0) is 24.9. The van der Waals surface area contributed by atoms with Gasteiger partial charge in [0.25, 0.3) is 11.1 Å². The number of hydrogen-bond donors (Lipinski definition) is 1. The van der Waals surface area contributed by atoms with Gasteiger partial charge < -0.3 is 14.5 Å². The van der Waals surface area contributed by atoms with Crippen LogP contribution in [-0.2, 0) is 14.3 Å². The largest absolute Gasteiger partial charge is 0.462 e. The van der Waals surface area contributed by atoms with Crippen molar-refractivity contribution >= 4 is 46.5 Å². The number of carbonyl (C=O) groups is 4. The van der Waals surface area contributed by atoms with E-state index in [1.807, 2.05) is 0 Å². The van der Waals surface area contributed by atoms with Crippen LogP contribution < -0.4 is 5.32 Å². The van der Waals surface area contributed by atoms with Crippen LogP contribution >= 0.6 is 11.8 Å². The molecule has 1 aliphatic rings. The van der Waals surface area contributed by atoms with Gasteiger partial charge in [-0.25, -0.2) is 9.18 Å². The van der Waals surface area contributed by atoms with Crippen LogP contribution in [0.2, 0.25) is 0 Å². The Kier molecular flexibility index (Phi) is 7.11. The summed E-state index contributed by atoms with van der Waals surface area (Å²) in [6.45, 7) is 1.54. The average molecular weight is 495 g/mol. The third kappa shape index (κ3) is 5.67. The van der Waals surface area contributed by atoms with Crippen molar-refractivity contribution in [2.75, 3.05) is 18.5 Å². The highest BCUT2D eigenvalue weighted by molar-refractivity contribution is 8.18. The Labute approximate surface area is 203 Å². The first-order valence-corrected chi connectivity index (χ1v) is 11.3. The molecule has 1 fully saturated rings. The second-order valence-electron chi connectivity index (χ2n) is 7.32. The number of rotatable bonds is 7. The summed E-state index contributed by atoms with van der Waals surface area (Å²) in [6.07, 6.45) is 1.43. The van der Waals surface area contributed by atoms with E-state index in [-0.39, 0.29) is 11.5 Å². The molecule has 35 heavy (non-hydrogen) atoms. The Balaban J connectivity index is 1.42. The Hall–Kier alpha value is -4.18. The number of anilines is 1. The summed E-state index contributed by atoms with van der Waals surface area (Å²) in [5, 5.41) is 1.93. The number of amides is 3. The van der Waals surface area contributed by atoms with Crippen molar-refractivity contribution < 1.29 is 32.7 Å². The van der Waals surface area contributed by atoms with Crippen LogP contribution in [0.25, 0.3) is 17.4 Å². The number of carbonyl (C=O) groups excluding carboxylic acids is 4. The fourth-order valence-electron chi connectivity index (χ4n) is 3.21. The van der Waals surface area contributed by atoms with Crippen molar-refractivity contribution in [1.82, 2.24) is 4.90 Å². The number of benzene rings is 2. The molecule has 0 aliphatic carbocycles. The monoisotopic (exact) mass is 494 g/mol. The molecular weight excluding hydrogens is 475 g/mol. The molecule has 178 valence electrons. The smallest absolute Gasteiger partial charge is 0.338 e. The molecule has 1 aliphatic heterocycles. The molecule has 1 N–H and O–H groups in total. The third-order valence-corrected chi connectivity index (χ3v) is 5.79. The summed E-state index contributed by atoms with van der Waals surface area (Å²) in [5.74, 6) is -1.23. The molecule has 3 aromatic rings. The van der Waals surface area contributed by atoms with Crippen LogP contribution in [0.5, 0.6) is 0 Å². The van der Waals surface area contributed by atoms with E-state index in [1.54, 1.807) is 43.3 Å². The highest BCUT2D eigenvalue weighted by atomic mass is 32.2. The number of esters is 1. The van der Waals surface area contributed by atoms with Crippen LogP contribution in [0.4, 0.5) is 14.9 Å². The fourth-order valence-corrected chi connectivity index (χ4v) is 4.03. The Morgan fingerprint density at radius 1 is 1.06 bits per heavy atom. The Bertz CT molecular complexity index is 1310. The lowest BCUT2D eigenvalue weighted by molar-refractivity contribution is -0.127. The number of nitrogens with zero attached hydrogens (tertiary/aromatic N) is 1. The van der Waals surface area contributed by atoms with Gasteiger partial charge in [0.1, 0.15) is 23.9 Å². The van der Waals surface area contributed by atoms with E-state index in [1.165, 1.54) is 30.3 Å². The van der Waals surface area contributed by atoms with E-state index in [0.29, 0.717) is 40.1 Å². The van der Waals surface area contributed by atoms with E-state index in [2.05, 4.69) is 5.32 Å². The zero-order valence-electron chi connectivity index (χ0n) is 18.4. The first-order chi connectivity index (χ1) is 16.8. The van der Waals surface area contributed by atoms with Crippen molar-refractivity contribution in [3.8, 4) is 11.3 Å². The maximum absolute atomic E-state index is 13.0. The van der Waals surface area contributed by atoms with Gasteiger partial charge in [-0.2, -0.15) is 0 Å². The van der Waals surface area contributed by atoms with Crippen LogP contribution in [0.1, 0.15) is 23.0 Å². The predicted octanol–water partition coefficient (Wildman–Crippen LogP) is 4.94. The van der Waals surface area contributed by atoms with Crippen LogP contribution in [0, 0.1) is 5.82 Å². The maximum Gasteiger partial charge on any atom is 0.338 e. The zero-order valence-corrected chi connectivity index (χ0v) is 19.3. The predicted molar refractivity (Wildman–Crippen MR) is 128 cm³/mol. The van der Waals surface area contributed by atoms with E-state index in [4.69, 9.17) is 9.15 Å². The highest BCUT2D eigenvalue weighted by Gasteiger charge is 2.36. The van der Waals surface area contributed by atoms with Crippen LogP contribution in [0.3, 0.4) is 0 Å². The van der Waals surface area contributed by atoms with Crippen molar-refractivity contribution in [3.63, 3.8) is 0 Å². The molecule has 0 radical (unpaired) electrons. The summed E-state index contributed by atoms with van der Waals surface area (Å²) < 4.78 is 23.7. The first-order valence-electron chi connectivity index (χ1n) is 10.5. The van der Waals surface area contributed by atoms with E-state index >= 15 is 0 Å². The summed E-state index contributed by atoms with van der Waals surface area (Å²) in [4.78, 5) is 50.0. The minimum atomic E-state index is -0.619. The van der Waals surface area contributed by atoms with Gasteiger partial charge in [0.15, 0.2) is 0 Å². The molecule has 3 amide bonds. The SMILES string of the molecule is CCOC(=O)c1ccc(-c2ccc(/C=C3\SC(=O)N(CC(=O)Nc4ccc(F)cc4)C3=O)o2)cc1. The topological polar surface area (TPSA) is 106 Å². The van der Waals surface area contributed by atoms with Crippen molar-refractivity contribution in [1.29, 1.82) is 0 Å². The van der Waals surface area contributed by atoms with Gasteiger partial charge >= 0.3 is 5.97 Å². The lowest BCUT2D eigenvalue weighted by Crippen LogP contribution is -2.36. The van der Waals surface area contributed by atoms with Crippen molar-refractivity contribution in [2.24, 2.45) is 0 Å². The molecule has 4 rings (SSSR count). The fraction of sp³-hybridized carbons (Fsp3) is 0.120. The molecule has 1 aromatic heterocycles. The lowest BCUT2D eigenvalue weighted by Gasteiger charge is -2.12. The normalized spacial score (nSPS) is 14.5. The molecule has 1 saturated heterocycles. The molecule has 0 spiro atoms. The summed E-state index contributed by atoms with van der Waals surface area (Å²) in [5.41, 5.74) is 1.47. The van der Waals surface area contributed by atoms with Gasteiger partial charge in [-0.3, -0.25) is 19.3 Å². The van der Waals surface area contributed by atoms with Gasteiger partial charge in [0, 0.05) is 17.3 Å². The second kappa shape index (κ2) is 10.4. The third-order valence-electron chi connectivity index (χ3n) is 4.88. The molecule has 2 heterocycles. The van der Waals surface area contributed by atoms with Gasteiger partial charge in [-0.15, -0.1) is 0 Å². The number of nitrogens with one attached hydrogen (secondary N) is 1. The van der Waals surface area contributed by atoms with Crippen molar-refractivity contribution in [2.45, 2.75) is 6.92 Å². The number of furan rings is 1. The number of ether oxygens (including phenoxy) is 1. The molecule has 0 saturated carbocycles. The standard InChI is InChI=1S/C25H19FN2O6S/c1-2-33-24(31)16-5-3-15(4-6-16)20-12-11-19(34-20)13-21-23(30)28(25(32)35-21)14-22(29)27-18-9-7-17(26)8-10-18/h3-13H,2,14H2,1H3,(H,27,29)/b21-13-. The number of thioether (sulfide) groups is 1. The quantitative estimate of drug-likeness (QED) is 0.366. The van der Waals surface area contributed by atoms with Gasteiger partial charge in [0.2, 0.25) is 5.91 Å². The van der Waals surface area contributed by atoms with Gasteiger partial charge in [-0.05, 0) is 67.2 Å².